The van der Waals surface area contributed by atoms with Crippen molar-refractivity contribution in [1.82, 2.24) is 19.1 Å². The molecule has 0 aliphatic rings. The molecule has 1 N–H and O–H groups in total. The Labute approximate surface area is 454 Å². The molecule has 0 aliphatic heterocycles. The summed E-state index contributed by atoms with van der Waals surface area (Å²) in [6, 6.07) is 56.5. The van der Waals surface area contributed by atoms with Crippen LogP contribution >= 0.6 is 0 Å². The van der Waals surface area contributed by atoms with Crippen molar-refractivity contribution in [2.24, 2.45) is 0 Å². The second-order valence-electron chi connectivity index (χ2n) is 25.5. The Balaban J connectivity index is 0.00000672. The number of fused-ring (bicyclic) bond motifs is 4. The Bertz CT molecular complexity index is 3710. The van der Waals surface area contributed by atoms with Gasteiger partial charge in [-0.2, -0.15) is 0 Å². The average Bonchev–Trinajstić information content (AvgIpc) is 3.88. The van der Waals surface area contributed by atoms with Crippen LogP contribution in [0.4, 0.5) is 0 Å². The van der Waals surface area contributed by atoms with Crippen LogP contribution in [-0.2, 0) is 48.1 Å². The number of hydrogen-bond donors (Lipinski definition) is 1. The van der Waals surface area contributed by atoms with Gasteiger partial charge in [-0.15, -0.1) is 29.3 Å². The molecule has 0 aliphatic carbocycles. The van der Waals surface area contributed by atoms with Crippen LogP contribution in [0, 0.1) is 6.07 Å². The molecule has 5 nitrogen and oxygen atoms in total. The van der Waals surface area contributed by atoms with Crippen LogP contribution < -0.4 is 0 Å². The fraction of sp³-hybridized carbons (Fsp3) is 0.294. The molecule has 6 heteroatoms. The minimum absolute atomic E-state index is 0. The third-order valence-electron chi connectivity index (χ3n) is 14.7. The Morgan fingerprint density at radius 1 is 0.419 bits per heavy atom. The van der Waals surface area contributed by atoms with Crippen LogP contribution in [0.3, 0.4) is 0 Å². The molecule has 380 valence electrons. The van der Waals surface area contributed by atoms with Crippen molar-refractivity contribution in [3.63, 3.8) is 0 Å². The first-order valence-electron chi connectivity index (χ1n) is 25.9. The minimum atomic E-state index is -0.180. The second-order valence-corrected chi connectivity index (χ2v) is 25.5. The number of phenols is 1. The summed E-state index contributed by atoms with van der Waals surface area (Å²) < 4.78 is 4.69. The first-order chi connectivity index (χ1) is 34.2. The normalized spacial score (nSPS) is 12.7. The van der Waals surface area contributed by atoms with E-state index in [-0.39, 0.29) is 53.9 Å². The molecule has 0 atom stereocenters. The molecule has 74 heavy (non-hydrogen) atoms. The fourth-order valence-corrected chi connectivity index (χ4v) is 10.1. The Kier molecular flexibility index (Phi) is 13.2. The zero-order valence-electron chi connectivity index (χ0n) is 46.0. The maximum atomic E-state index is 11.5. The van der Waals surface area contributed by atoms with Crippen molar-refractivity contribution < 1.29 is 26.2 Å². The molecule has 0 radical (unpaired) electrons. The van der Waals surface area contributed by atoms with E-state index >= 15 is 0 Å². The van der Waals surface area contributed by atoms with E-state index in [4.69, 9.17) is 9.97 Å². The summed E-state index contributed by atoms with van der Waals surface area (Å²) in [6.07, 6.45) is 1.93. The molecule has 0 amide bonds. The predicted octanol–water partition coefficient (Wildman–Crippen LogP) is 18.2. The maximum Gasteiger partial charge on any atom is 0.148 e. The van der Waals surface area contributed by atoms with Crippen molar-refractivity contribution in [1.29, 1.82) is 0 Å². The number of hydrogen-bond acceptors (Lipinski definition) is 3. The standard InChI is InChI=1S/C68H71N4O.Pt/c1-64(2,3)46-32-44(53-23-20-25-60-62(53)70-63(55-22-17-19-26-61(55)73)72(60)52-40-49(67(10,11)12)37-50(41-52)68(13,14)15)31-45(33-46)57-35-43(29-30-69-57)42-27-28-59-56(34-42)54-21-16-18-24-58(54)71(59)51-38-47(65(4,5)6)36-48(39-51)66(7,8)9;/h16-30,32-41,73H,1-15H3;/q-1;. The summed E-state index contributed by atoms with van der Waals surface area (Å²) in [5, 5.41) is 13.9. The van der Waals surface area contributed by atoms with E-state index < -0.39 is 0 Å². The molecule has 0 fully saturated rings. The first-order valence-corrected chi connectivity index (χ1v) is 25.9. The van der Waals surface area contributed by atoms with Crippen molar-refractivity contribution >= 4 is 32.8 Å². The predicted molar refractivity (Wildman–Crippen MR) is 309 cm³/mol. The zero-order valence-corrected chi connectivity index (χ0v) is 48.3. The SMILES string of the molecule is CC(C)(C)c1cc(-c2cc(-c3ccc4c(c3)c3ccccc3n4-c3cc(C(C)(C)C)cc(C(C)(C)C)c3)ccn2)[c-]c(-c2cccc3c2nc(-c2ccccc2O)n3-c2cc(C(C)(C)C)cc(C(C)(C)C)c2)c1.[Pt]. The molecule has 0 saturated carbocycles. The number of rotatable bonds is 6. The zero-order chi connectivity index (χ0) is 52.2. The molecular weight excluding hydrogens is 1080 g/mol. The topological polar surface area (TPSA) is 55.9 Å². The number of nitrogens with zero attached hydrogens (tertiary/aromatic N) is 4. The summed E-state index contributed by atoms with van der Waals surface area (Å²) in [5.74, 6) is 0.866. The monoisotopic (exact) mass is 1150 g/mol. The van der Waals surface area contributed by atoms with Gasteiger partial charge in [0.05, 0.1) is 27.6 Å². The van der Waals surface area contributed by atoms with E-state index in [9.17, 15) is 5.11 Å². The smallest absolute Gasteiger partial charge is 0.148 e. The molecule has 0 spiro atoms. The Hall–Kier alpha value is -6.55. The Morgan fingerprint density at radius 2 is 0.905 bits per heavy atom. The van der Waals surface area contributed by atoms with Crippen LogP contribution in [0.1, 0.15) is 132 Å². The Morgan fingerprint density at radius 3 is 1.50 bits per heavy atom. The summed E-state index contributed by atoms with van der Waals surface area (Å²) in [4.78, 5) is 10.5. The summed E-state index contributed by atoms with van der Waals surface area (Å²) in [5.41, 5.74) is 18.8. The number of imidazole rings is 1. The number of aromatic nitrogens is 4. The largest absolute Gasteiger partial charge is 0.507 e. The van der Waals surface area contributed by atoms with Gasteiger partial charge >= 0.3 is 0 Å². The van der Waals surface area contributed by atoms with Gasteiger partial charge in [-0.3, -0.25) is 9.55 Å². The van der Waals surface area contributed by atoms with E-state index in [1.165, 1.54) is 55.3 Å². The summed E-state index contributed by atoms with van der Waals surface area (Å²) >= 11 is 0. The van der Waals surface area contributed by atoms with E-state index in [0.29, 0.717) is 11.4 Å². The van der Waals surface area contributed by atoms with Gasteiger partial charge in [0.25, 0.3) is 0 Å². The van der Waals surface area contributed by atoms with Gasteiger partial charge in [-0.25, -0.2) is 4.98 Å². The number of para-hydroxylation sites is 3. The van der Waals surface area contributed by atoms with Crippen LogP contribution in [0.5, 0.6) is 5.75 Å². The molecule has 0 saturated heterocycles. The number of benzene rings is 7. The molecule has 0 bridgehead atoms. The average molecular weight is 1160 g/mol. The number of phenolic OH excluding ortho intramolecular Hbond substituents is 1. The second kappa shape index (κ2) is 18.7. The molecule has 0 unspecified atom stereocenters. The van der Waals surface area contributed by atoms with Gasteiger partial charge in [0.15, 0.2) is 0 Å². The van der Waals surface area contributed by atoms with Gasteiger partial charge in [0.1, 0.15) is 11.6 Å². The quantitative estimate of drug-likeness (QED) is 0.169. The van der Waals surface area contributed by atoms with Gasteiger partial charge in [-0.05, 0) is 127 Å². The van der Waals surface area contributed by atoms with Crippen LogP contribution in [0.25, 0.3) is 89.1 Å². The van der Waals surface area contributed by atoms with Crippen molar-refractivity contribution in [2.75, 3.05) is 0 Å². The maximum absolute atomic E-state index is 11.5. The van der Waals surface area contributed by atoms with Gasteiger partial charge in [0.2, 0.25) is 0 Å². The number of aromatic hydroxyl groups is 1. The van der Waals surface area contributed by atoms with Crippen molar-refractivity contribution in [3.05, 3.63) is 186 Å². The molecule has 10 aromatic rings. The molecule has 10 rings (SSSR count). The molecule has 3 heterocycles. The van der Waals surface area contributed by atoms with E-state index in [1.807, 2.05) is 24.4 Å². The summed E-state index contributed by atoms with van der Waals surface area (Å²) in [7, 11) is 0. The third-order valence-corrected chi connectivity index (χ3v) is 14.7. The molecule has 3 aromatic heterocycles. The summed E-state index contributed by atoms with van der Waals surface area (Å²) in [6.45, 7) is 34.2. The van der Waals surface area contributed by atoms with Crippen LogP contribution in [-0.4, -0.2) is 24.2 Å². The van der Waals surface area contributed by atoms with Crippen molar-refractivity contribution in [2.45, 2.75) is 131 Å². The van der Waals surface area contributed by atoms with E-state index in [0.717, 1.165) is 50.2 Å². The van der Waals surface area contributed by atoms with Gasteiger partial charge < -0.3 is 9.67 Å². The fourth-order valence-electron chi connectivity index (χ4n) is 10.1. The minimum Gasteiger partial charge on any atom is -0.507 e. The van der Waals surface area contributed by atoms with E-state index in [1.54, 1.807) is 6.07 Å². The number of pyridine rings is 1. The molecule has 7 aromatic carbocycles. The van der Waals surface area contributed by atoms with Gasteiger partial charge in [0, 0.05) is 55.1 Å². The molecular formula is C68H71N4OPt-. The van der Waals surface area contributed by atoms with Crippen LogP contribution in [0.15, 0.2) is 152 Å². The van der Waals surface area contributed by atoms with Gasteiger partial charge in [-0.1, -0.05) is 182 Å². The van der Waals surface area contributed by atoms with E-state index in [2.05, 4.69) is 240 Å². The van der Waals surface area contributed by atoms with Crippen molar-refractivity contribution in [3.8, 4) is 62.0 Å². The first kappa shape index (κ1) is 52.3. The third kappa shape index (κ3) is 9.81. The van der Waals surface area contributed by atoms with Crippen LogP contribution in [0.2, 0.25) is 0 Å².